The molecule has 0 aromatic rings. The summed E-state index contributed by atoms with van der Waals surface area (Å²) in [5, 5.41) is 16.6. The molecule has 0 spiro atoms. The summed E-state index contributed by atoms with van der Waals surface area (Å²) in [5.41, 5.74) is 0.563. The molecule has 1 unspecified atom stereocenters. The molecule has 0 heterocycles. The van der Waals surface area contributed by atoms with E-state index in [2.05, 4.69) is 4.74 Å². The Hall–Kier alpha value is -0.750. The lowest BCUT2D eigenvalue weighted by molar-refractivity contribution is 0.0349. The molecular formula is C5H8O5S. The first-order valence-corrected chi connectivity index (χ1v) is 3.81. The van der Waals surface area contributed by atoms with E-state index < -0.39 is 18.9 Å². The van der Waals surface area contributed by atoms with Gasteiger partial charge in [-0.15, -0.1) is 0 Å². The van der Waals surface area contributed by atoms with Crippen LogP contribution in [0.3, 0.4) is 0 Å². The maximum atomic E-state index is 9.90. The molecule has 0 amide bonds. The maximum absolute atomic E-state index is 9.90. The van der Waals surface area contributed by atoms with Crippen LogP contribution in [0.25, 0.3) is 0 Å². The Balaban J connectivity index is 3.57. The SMILES string of the molecule is O=CSCC(CO)OC(=O)O. The molecule has 11 heavy (non-hydrogen) atoms. The van der Waals surface area contributed by atoms with Crippen LogP contribution < -0.4 is 0 Å². The van der Waals surface area contributed by atoms with Gasteiger partial charge in [0.05, 0.1) is 6.61 Å². The largest absolute Gasteiger partial charge is 0.506 e. The summed E-state index contributed by atoms with van der Waals surface area (Å²) in [6.07, 6.45) is -2.27. The van der Waals surface area contributed by atoms with Gasteiger partial charge in [0, 0.05) is 5.75 Å². The number of hydrogen-bond acceptors (Lipinski definition) is 5. The Bertz CT molecular complexity index is 137. The van der Waals surface area contributed by atoms with E-state index in [-0.39, 0.29) is 5.75 Å². The molecule has 0 aliphatic carbocycles. The van der Waals surface area contributed by atoms with Crippen molar-refractivity contribution < 1.29 is 24.5 Å². The minimum atomic E-state index is -1.45. The van der Waals surface area contributed by atoms with Gasteiger partial charge in [-0.1, -0.05) is 11.8 Å². The van der Waals surface area contributed by atoms with Gasteiger partial charge in [0.15, 0.2) is 5.62 Å². The minimum absolute atomic E-state index is 0.145. The summed E-state index contributed by atoms with van der Waals surface area (Å²) >= 11 is 0.854. The van der Waals surface area contributed by atoms with Gasteiger partial charge in [0.1, 0.15) is 6.10 Å². The van der Waals surface area contributed by atoms with Gasteiger partial charge >= 0.3 is 6.16 Å². The van der Waals surface area contributed by atoms with E-state index in [1.807, 2.05) is 0 Å². The van der Waals surface area contributed by atoms with Crippen molar-refractivity contribution >= 4 is 23.5 Å². The second-order valence-electron chi connectivity index (χ2n) is 1.62. The zero-order valence-electron chi connectivity index (χ0n) is 5.60. The molecule has 0 radical (unpaired) electrons. The first-order valence-electron chi connectivity index (χ1n) is 2.76. The van der Waals surface area contributed by atoms with Crippen LogP contribution >= 0.6 is 11.8 Å². The molecule has 2 N–H and O–H groups in total. The maximum Gasteiger partial charge on any atom is 0.506 e. The third-order valence-electron chi connectivity index (χ3n) is 0.821. The van der Waals surface area contributed by atoms with Crippen LogP contribution in [0, 0.1) is 0 Å². The van der Waals surface area contributed by atoms with E-state index >= 15 is 0 Å². The topological polar surface area (TPSA) is 83.8 Å². The second-order valence-corrected chi connectivity index (χ2v) is 2.48. The zero-order valence-corrected chi connectivity index (χ0v) is 6.41. The molecule has 0 saturated heterocycles. The van der Waals surface area contributed by atoms with Crippen molar-refractivity contribution in [1.82, 2.24) is 0 Å². The summed E-state index contributed by atoms with van der Waals surface area (Å²) in [4.78, 5) is 19.7. The standard InChI is InChI=1S/C5H8O5S/c6-1-4(2-11-3-7)10-5(8)9/h3-4,6H,1-2H2,(H,8,9). The van der Waals surface area contributed by atoms with E-state index in [9.17, 15) is 9.59 Å². The zero-order chi connectivity index (χ0) is 8.69. The fourth-order valence-corrected chi connectivity index (χ4v) is 0.880. The number of carbonyl (C=O) groups is 2. The molecule has 0 aliphatic rings. The summed E-state index contributed by atoms with van der Waals surface area (Å²) in [6, 6.07) is 0. The predicted octanol–water partition coefficient (Wildman–Crippen LogP) is -0.0347. The lowest BCUT2D eigenvalue weighted by Gasteiger charge is -2.09. The molecule has 0 aromatic carbocycles. The van der Waals surface area contributed by atoms with Crippen LogP contribution in [-0.4, -0.2) is 40.5 Å². The highest BCUT2D eigenvalue weighted by Crippen LogP contribution is 2.01. The van der Waals surface area contributed by atoms with Gasteiger partial charge in [-0.05, 0) is 0 Å². The average Bonchev–Trinajstić information content (AvgIpc) is 1.97. The number of rotatable bonds is 5. The lowest BCUT2D eigenvalue weighted by Crippen LogP contribution is -2.23. The van der Waals surface area contributed by atoms with E-state index in [1.165, 1.54) is 0 Å². The monoisotopic (exact) mass is 180 g/mol. The van der Waals surface area contributed by atoms with Gasteiger partial charge in [-0.3, -0.25) is 4.79 Å². The summed E-state index contributed by atoms with van der Waals surface area (Å²) in [5.74, 6) is 0.145. The van der Waals surface area contributed by atoms with E-state index in [0.29, 0.717) is 5.62 Å². The molecule has 0 fully saturated rings. The fourth-order valence-electron chi connectivity index (χ4n) is 0.413. The molecular weight excluding hydrogens is 172 g/mol. The quantitative estimate of drug-likeness (QED) is 0.456. The first-order chi connectivity index (χ1) is 5.20. The van der Waals surface area contributed by atoms with Crippen LogP contribution in [-0.2, 0) is 9.53 Å². The highest BCUT2D eigenvalue weighted by Gasteiger charge is 2.11. The Kier molecular flexibility index (Phi) is 5.58. The Morgan fingerprint density at radius 1 is 1.73 bits per heavy atom. The molecule has 0 aliphatic heterocycles. The Morgan fingerprint density at radius 2 is 2.36 bits per heavy atom. The van der Waals surface area contributed by atoms with Gasteiger partial charge in [-0.2, -0.15) is 0 Å². The first kappa shape index (κ1) is 10.2. The molecule has 0 rings (SSSR count). The van der Waals surface area contributed by atoms with Crippen molar-refractivity contribution in [3.05, 3.63) is 0 Å². The highest BCUT2D eigenvalue weighted by atomic mass is 32.2. The number of thioether (sulfide) groups is 1. The second kappa shape index (κ2) is 5.99. The summed E-state index contributed by atoms with van der Waals surface area (Å²) in [6.45, 7) is -0.410. The molecule has 0 aromatic heterocycles. The van der Waals surface area contributed by atoms with E-state index in [1.54, 1.807) is 0 Å². The molecule has 0 saturated carbocycles. The minimum Gasteiger partial charge on any atom is -0.450 e. The molecule has 0 bridgehead atoms. The number of carbonyl (C=O) groups excluding carboxylic acids is 1. The predicted molar refractivity (Wildman–Crippen MR) is 39.2 cm³/mol. The number of hydrogen-bond donors (Lipinski definition) is 2. The van der Waals surface area contributed by atoms with Gasteiger partial charge < -0.3 is 14.9 Å². The van der Waals surface area contributed by atoms with Crippen molar-refractivity contribution in [3.8, 4) is 0 Å². The highest BCUT2D eigenvalue weighted by molar-refractivity contribution is 8.11. The number of aliphatic hydroxyl groups is 1. The third-order valence-corrected chi connectivity index (χ3v) is 1.52. The van der Waals surface area contributed by atoms with Crippen LogP contribution in [0.1, 0.15) is 0 Å². The number of carboxylic acid groups (broad SMARTS) is 1. The summed E-state index contributed by atoms with van der Waals surface area (Å²) in [7, 11) is 0. The van der Waals surface area contributed by atoms with E-state index in [0.717, 1.165) is 11.8 Å². The fraction of sp³-hybridized carbons (Fsp3) is 0.600. The van der Waals surface area contributed by atoms with Gasteiger partial charge in [-0.25, -0.2) is 4.79 Å². The molecule has 1 atom stereocenters. The van der Waals surface area contributed by atoms with Crippen LogP contribution in [0.2, 0.25) is 0 Å². The Morgan fingerprint density at radius 3 is 2.73 bits per heavy atom. The van der Waals surface area contributed by atoms with Crippen molar-refractivity contribution in [2.24, 2.45) is 0 Å². The average molecular weight is 180 g/mol. The van der Waals surface area contributed by atoms with Crippen molar-refractivity contribution in [2.45, 2.75) is 6.10 Å². The molecule has 6 heteroatoms. The van der Waals surface area contributed by atoms with Gasteiger partial charge in [0.2, 0.25) is 0 Å². The molecule has 64 valence electrons. The number of ether oxygens (including phenoxy) is 1. The lowest BCUT2D eigenvalue weighted by atomic mass is 10.4. The van der Waals surface area contributed by atoms with Crippen LogP contribution in [0.4, 0.5) is 4.79 Å². The van der Waals surface area contributed by atoms with Crippen molar-refractivity contribution in [2.75, 3.05) is 12.4 Å². The third kappa shape index (κ3) is 5.68. The molecule has 5 nitrogen and oxygen atoms in total. The van der Waals surface area contributed by atoms with Crippen molar-refractivity contribution in [3.63, 3.8) is 0 Å². The normalized spacial score (nSPS) is 12.1. The van der Waals surface area contributed by atoms with Crippen molar-refractivity contribution in [1.29, 1.82) is 0 Å². The van der Waals surface area contributed by atoms with Gasteiger partial charge in [0.25, 0.3) is 0 Å². The summed E-state index contributed by atoms with van der Waals surface area (Å²) < 4.78 is 4.19. The van der Waals surface area contributed by atoms with E-state index in [4.69, 9.17) is 10.2 Å². The Labute approximate surface area is 67.3 Å². The van der Waals surface area contributed by atoms with Crippen LogP contribution in [0.5, 0.6) is 0 Å². The van der Waals surface area contributed by atoms with Crippen LogP contribution in [0.15, 0.2) is 0 Å². The smallest absolute Gasteiger partial charge is 0.450 e. The number of aliphatic hydroxyl groups excluding tert-OH is 1.